The molecule has 1 fully saturated rings. The highest BCUT2D eigenvalue weighted by Crippen LogP contribution is 2.33. The van der Waals surface area contributed by atoms with Gasteiger partial charge in [0, 0.05) is 12.6 Å². The summed E-state index contributed by atoms with van der Waals surface area (Å²) in [4.78, 5) is -0.912. The summed E-state index contributed by atoms with van der Waals surface area (Å²) in [5, 5.41) is 0. The Kier molecular flexibility index (Phi) is 5.42. The Morgan fingerprint density at radius 1 is 1.25 bits per heavy atom. The number of hydrogen-bond acceptors (Lipinski definition) is 3. The van der Waals surface area contributed by atoms with Gasteiger partial charge in [-0.2, -0.15) is 0 Å². The highest BCUT2D eigenvalue weighted by atomic mass is 35.5. The van der Waals surface area contributed by atoms with Crippen molar-refractivity contribution >= 4 is 22.4 Å². The molecule has 0 spiro atoms. The third kappa shape index (κ3) is 3.43. The van der Waals surface area contributed by atoms with Crippen LogP contribution in [0.2, 0.25) is 0 Å². The molecule has 1 aromatic rings. The molecule has 0 bridgehead atoms. The zero-order valence-electron chi connectivity index (χ0n) is 10.3. The van der Waals surface area contributed by atoms with Crippen molar-refractivity contribution < 1.29 is 21.6 Å². The fraction of sp³-hybridized carbons (Fsp3) is 0.455. The van der Waals surface area contributed by atoms with Crippen LogP contribution in [0.4, 0.5) is 13.2 Å². The average molecular weight is 331 g/mol. The summed E-state index contributed by atoms with van der Waals surface area (Å²) in [5.41, 5.74) is 5.44. The molecule has 9 heteroatoms. The molecule has 0 amide bonds. The number of hydrogen-bond donors (Lipinski definition) is 2. The molecule has 1 saturated carbocycles. The summed E-state index contributed by atoms with van der Waals surface area (Å²) in [5.74, 6) is -4.85. The first kappa shape index (κ1) is 17.2. The van der Waals surface area contributed by atoms with E-state index in [1.807, 2.05) is 0 Å². The van der Waals surface area contributed by atoms with Crippen LogP contribution in [0.5, 0.6) is 0 Å². The van der Waals surface area contributed by atoms with Gasteiger partial charge in [-0.25, -0.2) is 26.3 Å². The molecule has 2 rings (SSSR count). The lowest BCUT2D eigenvalue weighted by molar-refractivity contribution is 0.430. The predicted molar refractivity (Wildman–Crippen MR) is 69.5 cm³/mol. The summed E-state index contributed by atoms with van der Waals surface area (Å²) in [6, 6.07) is 0.746. The van der Waals surface area contributed by atoms with Crippen molar-refractivity contribution in [2.45, 2.75) is 23.8 Å². The van der Waals surface area contributed by atoms with Crippen LogP contribution in [0.15, 0.2) is 17.0 Å². The van der Waals surface area contributed by atoms with Crippen LogP contribution < -0.4 is 10.5 Å². The van der Waals surface area contributed by atoms with E-state index in [1.165, 1.54) is 0 Å². The third-order valence-electron chi connectivity index (χ3n) is 3.04. The normalized spacial score (nSPS) is 16.6. The molecule has 4 nitrogen and oxygen atoms in total. The summed E-state index contributed by atoms with van der Waals surface area (Å²) in [7, 11) is -4.26. The van der Waals surface area contributed by atoms with Crippen molar-refractivity contribution in [3.8, 4) is 0 Å². The van der Waals surface area contributed by atoms with Gasteiger partial charge in [-0.3, -0.25) is 0 Å². The molecule has 1 aliphatic carbocycles. The van der Waals surface area contributed by atoms with E-state index in [4.69, 9.17) is 5.73 Å². The second kappa shape index (κ2) is 6.30. The number of rotatable bonds is 5. The van der Waals surface area contributed by atoms with Crippen molar-refractivity contribution in [3.63, 3.8) is 0 Å². The van der Waals surface area contributed by atoms with Crippen LogP contribution in [-0.4, -0.2) is 21.0 Å². The maximum atomic E-state index is 13.5. The van der Waals surface area contributed by atoms with Crippen molar-refractivity contribution in [2.24, 2.45) is 11.7 Å². The van der Waals surface area contributed by atoms with Gasteiger partial charge in [0.2, 0.25) is 10.0 Å². The molecule has 0 aliphatic heterocycles. The van der Waals surface area contributed by atoms with E-state index < -0.39 is 38.4 Å². The van der Waals surface area contributed by atoms with Crippen molar-refractivity contribution in [3.05, 3.63) is 29.6 Å². The SMILES string of the molecule is Cl.NCC(NS(=O)(=O)c1ccc(F)c(F)c1F)C1CC1. The van der Waals surface area contributed by atoms with Crippen molar-refractivity contribution in [1.82, 2.24) is 4.72 Å². The largest absolute Gasteiger partial charge is 0.329 e. The number of halogens is 4. The van der Waals surface area contributed by atoms with Gasteiger partial charge in [-0.05, 0) is 30.9 Å². The monoisotopic (exact) mass is 330 g/mol. The zero-order chi connectivity index (χ0) is 14.2. The first-order valence-electron chi connectivity index (χ1n) is 5.72. The summed E-state index contributed by atoms with van der Waals surface area (Å²) in [6.07, 6.45) is 1.68. The van der Waals surface area contributed by atoms with E-state index in [2.05, 4.69) is 4.72 Å². The fourth-order valence-corrected chi connectivity index (χ4v) is 3.20. The van der Waals surface area contributed by atoms with Crippen LogP contribution in [0.25, 0.3) is 0 Å². The minimum absolute atomic E-state index is 0. The molecule has 1 atom stereocenters. The summed E-state index contributed by atoms with van der Waals surface area (Å²) < 4.78 is 65.3. The number of sulfonamides is 1. The number of benzene rings is 1. The van der Waals surface area contributed by atoms with Gasteiger partial charge in [0.1, 0.15) is 4.90 Å². The zero-order valence-corrected chi connectivity index (χ0v) is 11.9. The maximum Gasteiger partial charge on any atom is 0.243 e. The van der Waals surface area contributed by atoms with Gasteiger partial charge in [0.05, 0.1) is 0 Å². The molecule has 0 heterocycles. The Balaban J connectivity index is 0.00000200. The van der Waals surface area contributed by atoms with Gasteiger partial charge in [0.25, 0.3) is 0 Å². The van der Waals surface area contributed by atoms with Crippen LogP contribution in [0, 0.1) is 23.4 Å². The van der Waals surface area contributed by atoms with E-state index in [1.54, 1.807) is 0 Å². The molecule has 3 N–H and O–H groups in total. The molecule has 1 aromatic carbocycles. The molecule has 20 heavy (non-hydrogen) atoms. The van der Waals surface area contributed by atoms with E-state index in [0.717, 1.165) is 12.8 Å². The van der Waals surface area contributed by atoms with E-state index in [9.17, 15) is 21.6 Å². The number of nitrogens with one attached hydrogen (secondary N) is 1. The number of nitrogens with two attached hydrogens (primary N) is 1. The van der Waals surface area contributed by atoms with Crippen LogP contribution in [0.3, 0.4) is 0 Å². The Morgan fingerprint density at radius 3 is 2.35 bits per heavy atom. The summed E-state index contributed by atoms with van der Waals surface area (Å²) in [6.45, 7) is 0.0647. The fourth-order valence-electron chi connectivity index (χ4n) is 1.81. The molecular weight excluding hydrogens is 317 g/mol. The minimum Gasteiger partial charge on any atom is -0.329 e. The van der Waals surface area contributed by atoms with Gasteiger partial charge in [0.15, 0.2) is 17.5 Å². The minimum atomic E-state index is -4.26. The van der Waals surface area contributed by atoms with Crippen LogP contribution in [-0.2, 0) is 10.0 Å². The topological polar surface area (TPSA) is 72.2 Å². The van der Waals surface area contributed by atoms with E-state index in [0.29, 0.717) is 12.1 Å². The molecule has 0 aromatic heterocycles. The lowest BCUT2D eigenvalue weighted by atomic mass is 10.2. The Labute approximate surface area is 121 Å². The maximum absolute atomic E-state index is 13.5. The molecule has 114 valence electrons. The van der Waals surface area contributed by atoms with Crippen LogP contribution in [0.1, 0.15) is 12.8 Å². The van der Waals surface area contributed by atoms with E-state index >= 15 is 0 Å². The Bertz CT molecular complexity index is 594. The first-order valence-corrected chi connectivity index (χ1v) is 7.21. The second-order valence-electron chi connectivity index (χ2n) is 4.47. The molecule has 0 radical (unpaired) electrons. The van der Waals surface area contributed by atoms with Crippen molar-refractivity contribution in [1.29, 1.82) is 0 Å². The highest BCUT2D eigenvalue weighted by Gasteiger charge is 2.34. The molecule has 1 aliphatic rings. The van der Waals surface area contributed by atoms with Crippen LogP contribution >= 0.6 is 12.4 Å². The quantitative estimate of drug-likeness (QED) is 0.804. The van der Waals surface area contributed by atoms with Crippen molar-refractivity contribution in [2.75, 3.05) is 6.54 Å². The molecule has 0 saturated heterocycles. The third-order valence-corrected chi connectivity index (χ3v) is 4.55. The standard InChI is InChI=1S/C11H13F3N2O2S.ClH/c12-7-3-4-9(11(14)10(7)13)19(17,18)16-8(5-15)6-1-2-6;/h3-4,6,8,16H,1-2,5,15H2;1H. The molecule has 1 unspecified atom stereocenters. The lowest BCUT2D eigenvalue weighted by Crippen LogP contribution is -2.42. The molecular formula is C11H14ClF3N2O2S. The predicted octanol–water partition coefficient (Wildman–Crippen LogP) is 1.54. The van der Waals surface area contributed by atoms with Gasteiger partial charge < -0.3 is 5.73 Å². The van der Waals surface area contributed by atoms with E-state index in [-0.39, 0.29) is 24.9 Å². The van der Waals surface area contributed by atoms with Gasteiger partial charge in [-0.1, -0.05) is 0 Å². The lowest BCUT2D eigenvalue weighted by Gasteiger charge is -2.16. The first-order chi connectivity index (χ1) is 8.86. The summed E-state index contributed by atoms with van der Waals surface area (Å²) >= 11 is 0. The average Bonchev–Trinajstić information content (AvgIpc) is 3.17. The smallest absolute Gasteiger partial charge is 0.243 e. The highest BCUT2D eigenvalue weighted by molar-refractivity contribution is 7.89. The van der Waals surface area contributed by atoms with Gasteiger partial charge in [-0.15, -0.1) is 12.4 Å². The second-order valence-corrected chi connectivity index (χ2v) is 6.16. The Hall–Kier alpha value is -0.830. The van der Waals surface area contributed by atoms with Gasteiger partial charge >= 0.3 is 0 Å². The Morgan fingerprint density at radius 2 is 1.85 bits per heavy atom.